The molecule has 1 heterocycles. The summed E-state index contributed by atoms with van der Waals surface area (Å²) in [7, 11) is 0. The summed E-state index contributed by atoms with van der Waals surface area (Å²) in [4.78, 5) is 20.9. The zero-order valence-corrected chi connectivity index (χ0v) is 12.4. The van der Waals surface area contributed by atoms with E-state index in [4.69, 9.17) is 0 Å². The number of nitrogens with one attached hydrogen (secondary N) is 1. The van der Waals surface area contributed by atoms with Gasteiger partial charge in [0.25, 0.3) is 0 Å². The van der Waals surface area contributed by atoms with E-state index < -0.39 is 4.92 Å². The average Bonchev–Trinajstić information content (AvgIpc) is 2.45. The molecular formula is C13H23N5O2. The van der Waals surface area contributed by atoms with E-state index in [9.17, 15) is 10.1 Å². The Bertz CT molecular complexity index is 439. The van der Waals surface area contributed by atoms with Crippen molar-refractivity contribution in [3.8, 4) is 0 Å². The molecule has 0 amide bonds. The quantitative estimate of drug-likeness (QED) is 0.553. The number of hydrogen-bond donors (Lipinski definition) is 1. The molecule has 0 saturated heterocycles. The van der Waals surface area contributed by atoms with E-state index in [0.717, 1.165) is 32.4 Å². The van der Waals surface area contributed by atoms with Crippen LogP contribution in [0, 0.1) is 10.1 Å². The van der Waals surface area contributed by atoms with Gasteiger partial charge in [-0.2, -0.15) is 4.98 Å². The second-order valence-corrected chi connectivity index (χ2v) is 4.52. The van der Waals surface area contributed by atoms with Gasteiger partial charge in [-0.25, -0.2) is 4.98 Å². The Labute approximate surface area is 119 Å². The largest absolute Gasteiger partial charge is 0.354 e. The summed E-state index contributed by atoms with van der Waals surface area (Å²) < 4.78 is 0. The molecule has 0 spiro atoms. The van der Waals surface area contributed by atoms with E-state index in [1.165, 1.54) is 6.20 Å². The SMILES string of the molecule is CCCCN(CC)c1nc(NCCC)ncc1[N+](=O)[O-]. The molecule has 0 bridgehead atoms. The van der Waals surface area contributed by atoms with Crippen molar-refractivity contribution in [3.05, 3.63) is 16.3 Å². The molecule has 1 aromatic heterocycles. The monoisotopic (exact) mass is 281 g/mol. The molecule has 1 N–H and O–H groups in total. The Balaban J connectivity index is 3.05. The molecule has 112 valence electrons. The minimum atomic E-state index is -0.423. The van der Waals surface area contributed by atoms with Gasteiger partial charge in [0.05, 0.1) is 4.92 Å². The van der Waals surface area contributed by atoms with Crippen LogP contribution in [0.1, 0.15) is 40.0 Å². The van der Waals surface area contributed by atoms with E-state index in [-0.39, 0.29) is 5.69 Å². The first kappa shape index (κ1) is 16.1. The molecule has 0 aliphatic carbocycles. The number of aromatic nitrogens is 2. The molecule has 0 aliphatic rings. The number of rotatable bonds is 9. The van der Waals surface area contributed by atoms with Gasteiger partial charge in [-0.05, 0) is 19.8 Å². The molecule has 0 radical (unpaired) electrons. The van der Waals surface area contributed by atoms with Crippen LogP contribution in [0.3, 0.4) is 0 Å². The van der Waals surface area contributed by atoms with Gasteiger partial charge in [0, 0.05) is 19.6 Å². The van der Waals surface area contributed by atoms with Gasteiger partial charge < -0.3 is 10.2 Å². The summed E-state index contributed by atoms with van der Waals surface area (Å²) >= 11 is 0. The minimum Gasteiger partial charge on any atom is -0.354 e. The van der Waals surface area contributed by atoms with Crippen LogP contribution < -0.4 is 10.2 Å². The summed E-state index contributed by atoms with van der Waals surface area (Å²) in [5.74, 6) is 0.849. The molecule has 1 rings (SSSR count). The van der Waals surface area contributed by atoms with Gasteiger partial charge in [-0.1, -0.05) is 20.3 Å². The van der Waals surface area contributed by atoms with Crippen molar-refractivity contribution >= 4 is 17.5 Å². The minimum absolute atomic E-state index is 0.0370. The smallest absolute Gasteiger partial charge is 0.329 e. The Morgan fingerprint density at radius 1 is 1.35 bits per heavy atom. The van der Waals surface area contributed by atoms with Crippen molar-refractivity contribution in [2.45, 2.75) is 40.0 Å². The van der Waals surface area contributed by atoms with Gasteiger partial charge >= 0.3 is 5.69 Å². The number of nitro groups is 1. The van der Waals surface area contributed by atoms with Crippen LogP contribution in [0.15, 0.2) is 6.20 Å². The fourth-order valence-corrected chi connectivity index (χ4v) is 1.81. The fourth-order valence-electron chi connectivity index (χ4n) is 1.81. The second-order valence-electron chi connectivity index (χ2n) is 4.52. The van der Waals surface area contributed by atoms with Crippen LogP contribution in [0.4, 0.5) is 17.5 Å². The van der Waals surface area contributed by atoms with Gasteiger partial charge in [-0.3, -0.25) is 10.1 Å². The van der Waals surface area contributed by atoms with Crippen LogP contribution in [0.5, 0.6) is 0 Å². The zero-order valence-electron chi connectivity index (χ0n) is 12.4. The predicted octanol–water partition coefficient (Wildman–Crippen LogP) is 2.83. The van der Waals surface area contributed by atoms with Crippen molar-refractivity contribution in [2.75, 3.05) is 29.9 Å². The highest BCUT2D eigenvalue weighted by molar-refractivity contribution is 5.58. The summed E-state index contributed by atoms with van der Waals surface area (Å²) in [6, 6.07) is 0. The molecular weight excluding hydrogens is 258 g/mol. The number of anilines is 2. The van der Waals surface area contributed by atoms with E-state index in [1.807, 2.05) is 18.7 Å². The molecule has 0 saturated carbocycles. The highest BCUT2D eigenvalue weighted by Crippen LogP contribution is 2.26. The van der Waals surface area contributed by atoms with Crippen molar-refractivity contribution in [1.29, 1.82) is 0 Å². The Morgan fingerprint density at radius 2 is 2.10 bits per heavy atom. The average molecular weight is 281 g/mol. The third-order valence-corrected chi connectivity index (χ3v) is 2.94. The lowest BCUT2D eigenvalue weighted by Crippen LogP contribution is -2.26. The van der Waals surface area contributed by atoms with E-state index in [0.29, 0.717) is 18.3 Å². The Kier molecular flexibility index (Phi) is 6.69. The molecule has 0 fully saturated rings. The van der Waals surface area contributed by atoms with E-state index in [2.05, 4.69) is 22.2 Å². The lowest BCUT2D eigenvalue weighted by Gasteiger charge is -2.21. The van der Waals surface area contributed by atoms with Crippen LogP contribution in [0.25, 0.3) is 0 Å². The molecule has 0 unspecified atom stereocenters. The first-order chi connectivity index (χ1) is 9.63. The van der Waals surface area contributed by atoms with Crippen molar-refractivity contribution < 1.29 is 4.92 Å². The van der Waals surface area contributed by atoms with Gasteiger partial charge in [0.15, 0.2) is 0 Å². The van der Waals surface area contributed by atoms with Crippen LogP contribution in [-0.4, -0.2) is 34.5 Å². The van der Waals surface area contributed by atoms with Crippen molar-refractivity contribution in [1.82, 2.24) is 9.97 Å². The Hall–Kier alpha value is -1.92. The summed E-state index contributed by atoms with van der Waals surface area (Å²) in [6.07, 6.45) is 4.25. The van der Waals surface area contributed by atoms with Crippen LogP contribution >= 0.6 is 0 Å². The van der Waals surface area contributed by atoms with Crippen molar-refractivity contribution in [3.63, 3.8) is 0 Å². The van der Waals surface area contributed by atoms with Crippen LogP contribution in [-0.2, 0) is 0 Å². The summed E-state index contributed by atoms with van der Waals surface area (Å²) in [6.45, 7) is 8.30. The van der Waals surface area contributed by atoms with Crippen molar-refractivity contribution in [2.24, 2.45) is 0 Å². The fraction of sp³-hybridized carbons (Fsp3) is 0.692. The topological polar surface area (TPSA) is 84.2 Å². The maximum atomic E-state index is 11.1. The van der Waals surface area contributed by atoms with E-state index >= 15 is 0 Å². The lowest BCUT2D eigenvalue weighted by atomic mass is 10.3. The third-order valence-electron chi connectivity index (χ3n) is 2.94. The van der Waals surface area contributed by atoms with Gasteiger partial charge in [0.2, 0.25) is 11.8 Å². The zero-order chi connectivity index (χ0) is 15.0. The molecule has 0 aliphatic heterocycles. The first-order valence-corrected chi connectivity index (χ1v) is 7.14. The molecule has 0 atom stereocenters. The first-order valence-electron chi connectivity index (χ1n) is 7.14. The maximum absolute atomic E-state index is 11.1. The number of hydrogen-bond acceptors (Lipinski definition) is 6. The number of unbranched alkanes of at least 4 members (excludes halogenated alkanes) is 1. The highest BCUT2D eigenvalue weighted by atomic mass is 16.6. The highest BCUT2D eigenvalue weighted by Gasteiger charge is 2.21. The predicted molar refractivity (Wildman–Crippen MR) is 80.3 cm³/mol. The molecule has 1 aromatic rings. The van der Waals surface area contributed by atoms with Gasteiger partial charge in [0.1, 0.15) is 6.20 Å². The number of nitrogens with zero attached hydrogens (tertiary/aromatic N) is 4. The molecule has 7 heteroatoms. The van der Waals surface area contributed by atoms with E-state index in [1.54, 1.807) is 0 Å². The summed E-state index contributed by atoms with van der Waals surface area (Å²) in [5, 5.41) is 14.2. The molecule has 0 aromatic carbocycles. The van der Waals surface area contributed by atoms with Crippen LogP contribution in [0.2, 0.25) is 0 Å². The summed E-state index contributed by atoms with van der Waals surface area (Å²) in [5.41, 5.74) is -0.0370. The lowest BCUT2D eigenvalue weighted by molar-refractivity contribution is -0.384. The maximum Gasteiger partial charge on any atom is 0.329 e. The third kappa shape index (κ3) is 4.32. The van der Waals surface area contributed by atoms with Gasteiger partial charge in [-0.15, -0.1) is 0 Å². The molecule has 7 nitrogen and oxygen atoms in total. The normalized spacial score (nSPS) is 10.3. The second kappa shape index (κ2) is 8.29. The Morgan fingerprint density at radius 3 is 2.65 bits per heavy atom. The molecule has 20 heavy (non-hydrogen) atoms. The standard InChI is InChI=1S/C13H23N5O2/c1-4-7-9-17(6-3)12-11(18(19)20)10-15-13(16-12)14-8-5-2/h10H,4-9H2,1-3H3,(H,14,15,16).